The molecule has 0 aromatic heterocycles. The van der Waals surface area contributed by atoms with Crippen LogP contribution in [0.3, 0.4) is 0 Å². The molecule has 21 heavy (non-hydrogen) atoms. The first kappa shape index (κ1) is 17.2. The monoisotopic (exact) mass is 292 g/mol. The van der Waals surface area contributed by atoms with Crippen molar-refractivity contribution in [3.8, 4) is 0 Å². The molecule has 4 heteroatoms. The summed E-state index contributed by atoms with van der Waals surface area (Å²) in [6, 6.07) is 5.46. The summed E-state index contributed by atoms with van der Waals surface area (Å²) in [5.41, 5.74) is 2.28. The van der Waals surface area contributed by atoms with Gasteiger partial charge in [-0.25, -0.2) is 0 Å². The van der Waals surface area contributed by atoms with Crippen LogP contribution in [-0.2, 0) is 28.9 Å². The Hall–Kier alpha value is -1.84. The van der Waals surface area contributed by atoms with Crippen molar-refractivity contribution in [2.75, 3.05) is 0 Å². The van der Waals surface area contributed by atoms with E-state index in [1.807, 2.05) is 12.1 Å². The van der Waals surface area contributed by atoms with Gasteiger partial charge in [0.25, 0.3) is 0 Å². The molecule has 0 atom stereocenters. The van der Waals surface area contributed by atoms with E-state index in [1.165, 1.54) is 19.3 Å². The Morgan fingerprint density at radius 3 is 2.14 bits per heavy atom. The molecule has 116 valence electrons. The molecular formula is C17H24O4. The van der Waals surface area contributed by atoms with E-state index in [2.05, 4.69) is 6.92 Å². The normalized spacial score (nSPS) is 10.5. The van der Waals surface area contributed by atoms with Gasteiger partial charge in [0.2, 0.25) is 0 Å². The molecule has 0 radical (unpaired) electrons. The van der Waals surface area contributed by atoms with Crippen LogP contribution in [0.15, 0.2) is 18.2 Å². The van der Waals surface area contributed by atoms with Crippen LogP contribution in [0.25, 0.3) is 0 Å². The highest BCUT2D eigenvalue weighted by Crippen LogP contribution is 2.19. The van der Waals surface area contributed by atoms with Crippen LogP contribution in [0.2, 0.25) is 0 Å². The van der Waals surface area contributed by atoms with Gasteiger partial charge in [-0.2, -0.15) is 0 Å². The Bertz CT molecular complexity index is 480. The maximum Gasteiger partial charge on any atom is 0.307 e. The lowest BCUT2D eigenvalue weighted by Crippen LogP contribution is -2.10. The van der Waals surface area contributed by atoms with E-state index in [4.69, 9.17) is 10.2 Å². The SMILES string of the molecule is CCCCCCCc1cccc(CC(=O)O)c1CC(=O)O. The average Bonchev–Trinajstić information content (AvgIpc) is 2.40. The standard InChI is InChI=1S/C17H24O4/c1-2-3-4-5-6-8-13-9-7-10-14(11-16(18)19)15(13)12-17(20)21/h7,9-10H,2-6,8,11-12H2,1H3,(H,18,19)(H,20,21). The maximum absolute atomic E-state index is 11.0. The second-order valence-electron chi connectivity index (χ2n) is 5.36. The van der Waals surface area contributed by atoms with Crippen molar-refractivity contribution < 1.29 is 19.8 Å². The van der Waals surface area contributed by atoms with Crippen LogP contribution >= 0.6 is 0 Å². The van der Waals surface area contributed by atoms with E-state index >= 15 is 0 Å². The number of aliphatic carboxylic acids is 2. The van der Waals surface area contributed by atoms with Crippen LogP contribution in [0, 0.1) is 0 Å². The highest BCUT2D eigenvalue weighted by molar-refractivity contribution is 5.75. The third-order valence-electron chi connectivity index (χ3n) is 3.59. The number of carboxylic acids is 2. The number of carboxylic acid groups (broad SMARTS) is 2. The minimum atomic E-state index is -0.929. The first-order valence-electron chi connectivity index (χ1n) is 7.57. The molecular weight excluding hydrogens is 268 g/mol. The molecule has 0 unspecified atom stereocenters. The summed E-state index contributed by atoms with van der Waals surface area (Å²) in [5.74, 6) is -1.85. The zero-order valence-electron chi connectivity index (χ0n) is 12.6. The molecule has 4 nitrogen and oxygen atoms in total. The van der Waals surface area contributed by atoms with Crippen molar-refractivity contribution >= 4 is 11.9 Å². The predicted molar refractivity (Wildman–Crippen MR) is 81.6 cm³/mol. The van der Waals surface area contributed by atoms with Crippen LogP contribution in [0.4, 0.5) is 0 Å². The predicted octanol–water partition coefficient (Wildman–Crippen LogP) is 3.45. The molecule has 1 aromatic rings. The van der Waals surface area contributed by atoms with E-state index < -0.39 is 11.9 Å². The number of hydrogen-bond acceptors (Lipinski definition) is 2. The zero-order chi connectivity index (χ0) is 15.7. The van der Waals surface area contributed by atoms with Crippen LogP contribution in [0.1, 0.15) is 55.7 Å². The molecule has 2 N–H and O–H groups in total. The van der Waals surface area contributed by atoms with E-state index in [0.717, 1.165) is 24.8 Å². The lowest BCUT2D eigenvalue weighted by Gasteiger charge is -2.12. The first-order valence-corrected chi connectivity index (χ1v) is 7.57. The molecule has 0 spiro atoms. The molecule has 0 aliphatic heterocycles. The summed E-state index contributed by atoms with van der Waals surface area (Å²) < 4.78 is 0. The fourth-order valence-corrected chi connectivity index (χ4v) is 2.55. The molecule has 0 fully saturated rings. The summed E-state index contributed by atoms with van der Waals surface area (Å²) in [6.45, 7) is 2.17. The molecule has 1 rings (SSSR count). The van der Waals surface area contributed by atoms with Crippen molar-refractivity contribution in [3.63, 3.8) is 0 Å². The Morgan fingerprint density at radius 1 is 0.905 bits per heavy atom. The maximum atomic E-state index is 11.0. The minimum absolute atomic E-state index is 0.103. The van der Waals surface area contributed by atoms with Gasteiger partial charge in [0.15, 0.2) is 0 Å². The van der Waals surface area contributed by atoms with Gasteiger partial charge in [0, 0.05) is 0 Å². The van der Waals surface area contributed by atoms with Crippen molar-refractivity contribution in [3.05, 3.63) is 34.9 Å². The molecule has 0 aliphatic rings. The first-order chi connectivity index (χ1) is 10.0. The summed E-state index contributed by atoms with van der Waals surface area (Å²) in [7, 11) is 0. The van der Waals surface area contributed by atoms with Gasteiger partial charge in [0.05, 0.1) is 12.8 Å². The highest BCUT2D eigenvalue weighted by atomic mass is 16.4. The molecule has 0 saturated carbocycles. The molecule has 0 bridgehead atoms. The van der Waals surface area contributed by atoms with E-state index in [-0.39, 0.29) is 12.8 Å². The smallest absolute Gasteiger partial charge is 0.307 e. The second-order valence-corrected chi connectivity index (χ2v) is 5.36. The Kier molecular flexibility index (Phi) is 7.51. The van der Waals surface area contributed by atoms with Gasteiger partial charge in [-0.1, -0.05) is 50.8 Å². The summed E-state index contributed by atoms with van der Waals surface area (Å²) in [4.78, 5) is 21.9. The summed E-state index contributed by atoms with van der Waals surface area (Å²) >= 11 is 0. The van der Waals surface area contributed by atoms with Crippen molar-refractivity contribution in [2.45, 2.75) is 58.3 Å². The van der Waals surface area contributed by atoms with Gasteiger partial charge in [-0.05, 0) is 29.5 Å². The Balaban J connectivity index is 2.80. The lowest BCUT2D eigenvalue weighted by molar-refractivity contribution is -0.137. The molecule has 0 saturated heterocycles. The zero-order valence-corrected chi connectivity index (χ0v) is 12.6. The molecule has 1 aromatic carbocycles. The number of hydrogen-bond donors (Lipinski definition) is 2. The number of aryl methyl sites for hydroxylation is 1. The molecule has 0 aliphatic carbocycles. The van der Waals surface area contributed by atoms with Crippen molar-refractivity contribution in [1.29, 1.82) is 0 Å². The van der Waals surface area contributed by atoms with Crippen molar-refractivity contribution in [1.82, 2.24) is 0 Å². The third-order valence-corrected chi connectivity index (χ3v) is 3.59. The van der Waals surface area contributed by atoms with E-state index in [9.17, 15) is 9.59 Å². The Labute approximate surface area is 125 Å². The topological polar surface area (TPSA) is 74.6 Å². The van der Waals surface area contributed by atoms with Crippen molar-refractivity contribution in [2.24, 2.45) is 0 Å². The quantitative estimate of drug-likeness (QED) is 0.648. The largest absolute Gasteiger partial charge is 0.481 e. The third kappa shape index (κ3) is 6.43. The summed E-state index contributed by atoms with van der Waals surface area (Å²) in [6.07, 6.45) is 6.35. The van der Waals surface area contributed by atoms with Crippen LogP contribution in [-0.4, -0.2) is 22.2 Å². The minimum Gasteiger partial charge on any atom is -0.481 e. The van der Waals surface area contributed by atoms with Crippen LogP contribution in [0.5, 0.6) is 0 Å². The molecule has 0 heterocycles. The van der Waals surface area contributed by atoms with Gasteiger partial charge < -0.3 is 10.2 Å². The lowest BCUT2D eigenvalue weighted by atomic mass is 9.93. The van der Waals surface area contributed by atoms with E-state index in [1.54, 1.807) is 6.07 Å². The van der Waals surface area contributed by atoms with Gasteiger partial charge in [-0.3, -0.25) is 9.59 Å². The Morgan fingerprint density at radius 2 is 1.52 bits per heavy atom. The van der Waals surface area contributed by atoms with E-state index in [0.29, 0.717) is 11.1 Å². The summed E-state index contributed by atoms with van der Waals surface area (Å²) in [5, 5.41) is 18.0. The second kappa shape index (κ2) is 9.16. The fraction of sp³-hybridized carbons (Fsp3) is 0.529. The fourth-order valence-electron chi connectivity index (χ4n) is 2.55. The van der Waals surface area contributed by atoms with Gasteiger partial charge in [0.1, 0.15) is 0 Å². The molecule has 0 amide bonds. The number of benzene rings is 1. The van der Waals surface area contributed by atoms with Gasteiger partial charge in [-0.15, -0.1) is 0 Å². The number of unbranched alkanes of at least 4 members (excludes halogenated alkanes) is 4. The highest BCUT2D eigenvalue weighted by Gasteiger charge is 2.13. The number of rotatable bonds is 10. The van der Waals surface area contributed by atoms with Crippen LogP contribution < -0.4 is 0 Å². The number of carbonyl (C=O) groups is 2. The average molecular weight is 292 g/mol. The van der Waals surface area contributed by atoms with Gasteiger partial charge >= 0.3 is 11.9 Å².